The molecule has 2 aromatic rings. The molecule has 4 nitrogen and oxygen atoms in total. The lowest BCUT2D eigenvalue weighted by Crippen LogP contribution is -2.35. The minimum absolute atomic E-state index is 0.195. The van der Waals surface area contributed by atoms with Gasteiger partial charge in [-0.25, -0.2) is 0 Å². The van der Waals surface area contributed by atoms with Gasteiger partial charge in [-0.1, -0.05) is 36.0 Å². The molecule has 0 unspecified atom stereocenters. The van der Waals surface area contributed by atoms with Crippen molar-refractivity contribution < 1.29 is 18.3 Å². The Morgan fingerprint density at radius 3 is 2.37 bits per heavy atom. The molecule has 162 valence electrons. The Hall–Kier alpha value is -2.12. The number of nitrogens with zero attached hydrogens (tertiary/aromatic N) is 2. The topological polar surface area (TPSA) is 32.8 Å². The molecular formula is C23H28F2N2O2S. The molecule has 1 saturated heterocycles. The second-order valence-corrected chi connectivity index (χ2v) is 8.44. The lowest BCUT2D eigenvalue weighted by atomic mass is 10.1. The van der Waals surface area contributed by atoms with Gasteiger partial charge in [0, 0.05) is 44.0 Å². The van der Waals surface area contributed by atoms with E-state index in [9.17, 15) is 13.6 Å². The predicted octanol–water partition coefficient (Wildman–Crippen LogP) is 4.68. The number of methoxy groups -OCH3 is 1. The van der Waals surface area contributed by atoms with Gasteiger partial charge in [0.05, 0.1) is 7.11 Å². The number of carbonyl (C=O) groups excluding carboxylic acids is 1. The zero-order chi connectivity index (χ0) is 21.3. The Balaban J connectivity index is 1.45. The van der Waals surface area contributed by atoms with Gasteiger partial charge >= 0.3 is 0 Å². The number of hydrogen-bond acceptors (Lipinski definition) is 4. The van der Waals surface area contributed by atoms with Crippen LogP contribution < -0.4 is 4.74 Å². The molecule has 0 saturated carbocycles. The fourth-order valence-electron chi connectivity index (χ4n) is 3.61. The number of rotatable bonds is 8. The fraction of sp³-hybridized carbons (Fsp3) is 0.435. The summed E-state index contributed by atoms with van der Waals surface area (Å²) in [5.74, 6) is -1.38. The number of benzene rings is 2. The maximum atomic E-state index is 12.7. The van der Waals surface area contributed by atoms with Crippen LogP contribution in [-0.2, 0) is 17.8 Å². The highest BCUT2D eigenvalue weighted by Gasteiger charge is 2.19. The Kier molecular flexibility index (Phi) is 8.51. The Labute approximate surface area is 181 Å². The van der Waals surface area contributed by atoms with Gasteiger partial charge in [0.2, 0.25) is 5.91 Å². The van der Waals surface area contributed by atoms with Gasteiger partial charge in [-0.05, 0) is 48.2 Å². The lowest BCUT2D eigenvalue weighted by Gasteiger charge is -2.22. The number of amides is 1. The van der Waals surface area contributed by atoms with Crippen LogP contribution in [0.15, 0.2) is 53.4 Å². The van der Waals surface area contributed by atoms with Crippen LogP contribution in [0.5, 0.6) is 5.75 Å². The smallest absolute Gasteiger partial charge is 0.288 e. The molecule has 1 heterocycles. The Bertz CT molecular complexity index is 800. The molecule has 0 atom stereocenters. The number of aryl methyl sites for hydroxylation is 1. The van der Waals surface area contributed by atoms with Crippen molar-refractivity contribution >= 4 is 17.7 Å². The second kappa shape index (κ2) is 11.3. The summed E-state index contributed by atoms with van der Waals surface area (Å²) in [6, 6.07) is 15.2. The van der Waals surface area contributed by atoms with Gasteiger partial charge in [0.25, 0.3) is 5.76 Å². The molecule has 1 aliphatic rings. The van der Waals surface area contributed by atoms with Crippen LogP contribution in [-0.4, -0.2) is 54.8 Å². The summed E-state index contributed by atoms with van der Waals surface area (Å²) in [5, 5.41) is 0. The van der Waals surface area contributed by atoms with E-state index in [1.54, 1.807) is 19.2 Å². The van der Waals surface area contributed by atoms with E-state index >= 15 is 0 Å². The van der Waals surface area contributed by atoms with Crippen molar-refractivity contribution in [1.82, 2.24) is 9.80 Å². The van der Waals surface area contributed by atoms with E-state index in [-0.39, 0.29) is 5.91 Å². The highest BCUT2D eigenvalue weighted by atomic mass is 32.2. The van der Waals surface area contributed by atoms with Gasteiger partial charge < -0.3 is 9.64 Å². The third-order valence-corrected chi connectivity index (χ3v) is 6.01. The van der Waals surface area contributed by atoms with Crippen LogP contribution in [0.3, 0.4) is 0 Å². The first-order chi connectivity index (χ1) is 14.5. The van der Waals surface area contributed by atoms with E-state index in [1.165, 1.54) is 0 Å². The van der Waals surface area contributed by atoms with Gasteiger partial charge in [-0.3, -0.25) is 9.69 Å². The van der Waals surface area contributed by atoms with Crippen LogP contribution in [0, 0.1) is 0 Å². The zero-order valence-corrected chi connectivity index (χ0v) is 18.0. The third kappa shape index (κ3) is 6.99. The fourth-order valence-corrected chi connectivity index (χ4v) is 4.11. The van der Waals surface area contributed by atoms with Crippen molar-refractivity contribution in [3.63, 3.8) is 0 Å². The molecule has 1 amide bonds. The molecule has 7 heteroatoms. The van der Waals surface area contributed by atoms with Crippen molar-refractivity contribution in [3.05, 3.63) is 59.7 Å². The van der Waals surface area contributed by atoms with Crippen LogP contribution in [0.2, 0.25) is 0 Å². The summed E-state index contributed by atoms with van der Waals surface area (Å²) in [6.45, 7) is 4.02. The number of thioether (sulfide) groups is 1. The number of hydrogen-bond donors (Lipinski definition) is 0. The van der Waals surface area contributed by atoms with E-state index in [4.69, 9.17) is 4.74 Å². The molecule has 1 fully saturated rings. The van der Waals surface area contributed by atoms with Crippen molar-refractivity contribution in [3.8, 4) is 5.75 Å². The summed E-state index contributed by atoms with van der Waals surface area (Å²) < 4.78 is 30.0. The Morgan fingerprint density at radius 2 is 1.70 bits per heavy atom. The third-order valence-electron chi connectivity index (χ3n) is 5.28. The summed E-state index contributed by atoms with van der Waals surface area (Å²) in [5.41, 5.74) is 2.24. The van der Waals surface area contributed by atoms with Gasteiger partial charge in [-0.15, -0.1) is 0 Å². The lowest BCUT2D eigenvalue weighted by molar-refractivity contribution is -0.131. The van der Waals surface area contributed by atoms with Crippen LogP contribution in [0.25, 0.3) is 0 Å². The van der Waals surface area contributed by atoms with E-state index in [0.717, 1.165) is 62.4 Å². The van der Waals surface area contributed by atoms with E-state index in [0.29, 0.717) is 23.1 Å². The molecular weight excluding hydrogens is 406 g/mol. The molecule has 2 aromatic carbocycles. The monoisotopic (exact) mass is 434 g/mol. The first kappa shape index (κ1) is 22.6. The first-order valence-corrected chi connectivity index (χ1v) is 11.1. The van der Waals surface area contributed by atoms with E-state index < -0.39 is 5.76 Å². The summed E-state index contributed by atoms with van der Waals surface area (Å²) in [4.78, 5) is 17.5. The van der Waals surface area contributed by atoms with E-state index in [1.807, 2.05) is 41.3 Å². The van der Waals surface area contributed by atoms with Gasteiger partial charge in [-0.2, -0.15) is 8.78 Å². The predicted molar refractivity (Wildman–Crippen MR) is 116 cm³/mol. The first-order valence-electron chi connectivity index (χ1n) is 10.2. The molecule has 0 aliphatic carbocycles. The van der Waals surface area contributed by atoms with Gasteiger partial charge in [0.1, 0.15) is 5.75 Å². The summed E-state index contributed by atoms with van der Waals surface area (Å²) in [7, 11) is 1.64. The number of carbonyl (C=O) groups is 1. The van der Waals surface area contributed by atoms with Crippen molar-refractivity contribution in [2.75, 3.05) is 33.3 Å². The highest BCUT2D eigenvalue weighted by molar-refractivity contribution is 7.99. The molecule has 0 spiro atoms. The number of ether oxygens (including phenoxy) is 1. The van der Waals surface area contributed by atoms with Crippen LogP contribution in [0.1, 0.15) is 24.0 Å². The van der Waals surface area contributed by atoms with Crippen LogP contribution >= 0.6 is 11.8 Å². The minimum Gasteiger partial charge on any atom is -0.497 e. The molecule has 0 radical (unpaired) electrons. The number of alkyl halides is 2. The van der Waals surface area contributed by atoms with E-state index in [2.05, 4.69) is 4.90 Å². The highest BCUT2D eigenvalue weighted by Crippen LogP contribution is 2.25. The molecule has 0 N–H and O–H groups in total. The average Bonchev–Trinajstić information content (AvgIpc) is 2.99. The van der Waals surface area contributed by atoms with Crippen molar-refractivity contribution in [1.29, 1.82) is 0 Å². The zero-order valence-electron chi connectivity index (χ0n) is 17.2. The second-order valence-electron chi connectivity index (χ2n) is 7.38. The maximum Gasteiger partial charge on any atom is 0.288 e. The largest absolute Gasteiger partial charge is 0.497 e. The molecule has 0 bridgehead atoms. The maximum absolute atomic E-state index is 12.7. The summed E-state index contributed by atoms with van der Waals surface area (Å²) in [6.07, 6.45) is 2.18. The SMILES string of the molecule is COc1ccc(CCC(=O)N2CCCN(Cc3ccc(SC(F)F)cc3)CC2)cc1. The Morgan fingerprint density at radius 1 is 1.00 bits per heavy atom. The molecule has 3 rings (SSSR count). The minimum atomic E-state index is -2.39. The molecule has 30 heavy (non-hydrogen) atoms. The van der Waals surface area contributed by atoms with Crippen molar-refractivity contribution in [2.45, 2.75) is 36.5 Å². The standard InChI is InChI=1S/C23H28F2N2O2S/c1-29-20-8-3-18(4-9-20)7-12-22(28)27-14-2-13-26(15-16-27)17-19-5-10-21(11-6-19)30-23(24)25/h3-6,8-11,23H,2,7,12-17H2,1H3. The normalized spacial score (nSPS) is 15.3. The molecule has 1 aliphatic heterocycles. The molecule has 0 aromatic heterocycles. The van der Waals surface area contributed by atoms with Gasteiger partial charge in [0.15, 0.2) is 0 Å². The number of halogens is 2. The average molecular weight is 435 g/mol. The van der Waals surface area contributed by atoms with Crippen molar-refractivity contribution in [2.24, 2.45) is 0 Å². The van der Waals surface area contributed by atoms with Crippen LogP contribution in [0.4, 0.5) is 8.78 Å². The quantitative estimate of drug-likeness (QED) is 0.565. The summed E-state index contributed by atoms with van der Waals surface area (Å²) >= 11 is 0.567.